The highest BCUT2D eigenvalue weighted by Gasteiger charge is 2.25. The molecule has 0 spiro atoms. The van der Waals surface area contributed by atoms with E-state index in [0.29, 0.717) is 0 Å². The van der Waals surface area contributed by atoms with Crippen molar-refractivity contribution in [3.05, 3.63) is 0 Å². The third-order valence-electron chi connectivity index (χ3n) is 4.28. The maximum Gasteiger partial charge on any atom is 0.0195 e. The van der Waals surface area contributed by atoms with Crippen molar-refractivity contribution < 1.29 is 0 Å². The minimum atomic E-state index is 0. The molecule has 0 aromatic heterocycles. The van der Waals surface area contributed by atoms with Crippen molar-refractivity contribution in [2.45, 2.75) is 58.0 Å². The Morgan fingerprint density at radius 2 is 1.62 bits per heavy atom. The lowest BCUT2D eigenvalue weighted by molar-refractivity contribution is 0.109. The molecule has 2 rings (SSSR count). The van der Waals surface area contributed by atoms with Crippen LogP contribution in [0.15, 0.2) is 0 Å². The van der Waals surface area contributed by atoms with Crippen LogP contribution in [0.4, 0.5) is 0 Å². The summed E-state index contributed by atoms with van der Waals surface area (Å²) in [6, 6.07) is 1.46. The molecule has 2 atom stereocenters. The molecule has 0 unspecified atom stereocenters. The highest BCUT2D eigenvalue weighted by atomic mass is 35.5. The van der Waals surface area contributed by atoms with Crippen molar-refractivity contribution in [3.63, 3.8) is 0 Å². The van der Waals surface area contributed by atoms with Crippen molar-refractivity contribution in [1.82, 2.24) is 10.2 Å². The van der Waals surface area contributed by atoms with Gasteiger partial charge >= 0.3 is 0 Å². The van der Waals surface area contributed by atoms with Gasteiger partial charge in [0.15, 0.2) is 0 Å². The Labute approximate surface area is 107 Å². The summed E-state index contributed by atoms with van der Waals surface area (Å²) in [5.74, 6) is 1.04. The van der Waals surface area contributed by atoms with E-state index in [0.717, 1.165) is 18.0 Å². The van der Waals surface area contributed by atoms with Gasteiger partial charge in [-0.05, 0) is 32.7 Å². The lowest BCUT2D eigenvalue weighted by Gasteiger charge is -2.39. The molecular formula is C13H27ClN2. The topological polar surface area (TPSA) is 15.3 Å². The van der Waals surface area contributed by atoms with E-state index >= 15 is 0 Å². The quantitative estimate of drug-likeness (QED) is 0.824. The summed E-state index contributed by atoms with van der Waals surface area (Å²) >= 11 is 0. The Morgan fingerprint density at radius 3 is 2.19 bits per heavy atom. The van der Waals surface area contributed by atoms with Crippen molar-refractivity contribution in [2.75, 3.05) is 19.6 Å². The fourth-order valence-corrected chi connectivity index (χ4v) is 3.24. The van der Waals surface area contributed by atoms with Gasteiger partial charge in [-0.3, -0.25) is 4.90 Å². The van der Waals surface area contributed by atoms with Gasteiger partial charge in [0.05, 0.1) is 0 Å². The van der Waals surface area contributed by atoms with Crippen LogP contribution in [0, 0.1) is 5.92 Å². The van der Waals surface area contributed by atoms with Gasteiger partial charge in [-0.2, -0.15) is 0 Å². The van der Waals surface area contributed by atoms with Gasteiger partial charge in [-0.1, -0.05) is 25.7 Å². The van der Waals surface area contributed by atoms with E-state index in [9.17, 15) is 0 Å². The highest BCUT2D eigenvalue weighted by Crippen LogP contribution is 2.28. The molecule has 0 aromatic carbocycles. The molecule has 0 bridgehead atoms. The van der Waals surface area contributed by atoms with Crippen LogP contribution in [0.2, 0.25) is 0 Å². The number of nitrogens with zero attached hydrogens (tertiary/aromatic N) is 1. The molecule has 0 amide bonds. The third-order valence-corrected chi connectivity index (χ3v) is 4.28. The zero-order valence-corrected chi connectivity index (χ0v) is 11.6. The van der Waals surface area contributed by atoms with E-state index in [-0.39, 0.29) is 12.4 Å². The average Bonchev–Trinajstić information content (AvgIpc) is 2.70. The van der Waals surface area contributed by atoms with E-state index in [1.165, 1.54) is 51.7 Å². The molecule has 1 saturated carbocycles. The fraction of sp³-hybridized carbons (Fsp3) is 1.00. The lowest BCUT2D eigenvalue weighted by Crippen LogP contribution is -2.55. The zero-order chi connectivity index (χ0) is 10.7. The first kappa shape index (κ1) is 14.3. The fourth-order valence-electron chi connectivity index (χ4n) is 3.24. The number of hydrogen-bond donors (Lipinski definition) is 1. The minimum absolute atomic E-state index is 0. The molecule has 16 heavy (non-hydrogen) atoms. The molecule has 3 heteroatoms. The largest absolute Gasteiger partial charge is 0.314 e. The van der Waals surface area contributed by atoms with Crippen LogP contribution in [-0.4, -0.2) is 36.6 Å². The average molecular weight is 247 g/mol. The number of nitrogens with one attached hydrogen (secondary N) is 1. The van der Waals surface area contributed by atoms with Gasteiger partial charge in [-0.15, -0.1) is 12.4 Å². The second-order valence-corrected chi connectivity index (χ2v) is 5.53. The Kier molecular flexibility index (Phi) is 6.09. The van der Waals surface area contributed by atoms with E-state index < -0.39 is 0 Å². The van der Waals surface area contributed by atoms with Crippen LogP contribution < -0.4 is 5.32 Å². The highest BCUT2D eigenvalue weighted by molar-refractivity contribution is 5.85. The van der Waals surface area contributed by atoms with Crippen LogP contribution in [0.5, 0.6) is 0 Å². The maximum absolute atomic E-state index is 3.50. The van der Waals surface area contributed by atoms with Crippen LogP contribution in [0.3, 0.4) is 0 Å². The number of hydrogen-bond acceptors (Lipinski definition) is 2. The van der Waals surface area contributed by atoms with E-state index in [4.69, 9.17) is 0 Å². The van der Waals surface area contributed by atoms with Gasteiger partial charge in [0, 0.05) is 25.2 Å². The Balaban J connectivity index is 0.00000128. The van der Waals surface area contributed by atoms with Gasteiger partial charge in [-0.25, -0.2) is 0 Å². The predicted molar refractivity (Wildman–Crippen MR) is 72.3 cm³/mol. The van der Waals surface area contributed by atoms with Crippen molar-refractivity contribution >= 4 is 12.4 Å². The van der Waals surface area contributed by atoms with Crippen LogP contribution in [-0.2, 0) is 0 Å². The molecular weight excluding hydrogens is 220 g/mol. The normalized spacial score (nSPS) is 32.6. The summed E-state index contributed by atoms with van der Waals surface area (Å²) in [6.45, 7) is 8.40. The standard InChI is InChI=1S/C13H26N2.ClH/c1-11-9-14-10-12(2)15(11)8-7-13-5-3-4-6-13;/h11-14H,3-10H2,1-2H3;1H/t11-,12+;. The molecule has 2 nitrogen and oxygen atoms in total. The summed E-state index contributed by atoms with van der Waals surface area (Å²) in [6.07, 6.45) is 7.40. The zero-order valence-electron chi connectivity index (χ0n) is 10.7. The second-order valence-electron chi connectivity index (χ2n) is 5.53. The van der Waals surface area contributed by atoms with E-state index in [2.05, 4.69) is 24.1 Å². The third kappa shape index (κ3) is 3.61. The van der Waals surface area contributed by atoms with E-state index in [1.54, 1.807) is 0 Å². The first-order chi connectivity index (χ1) is 7.27. The number of rotatable bonds is 3. The minimum Gasteiger partial charge on any atom is -0.314 e. The van der Waals surface area contributed by atoms with Gasteiger partial charge < -0.3 is 5.32 Å². The summed E-state index contributed by atoms with van der Waals surface area (Å²) < 4.78 is 0. The second kappa shape index (κ2) is 6.83. The lowest BCUT2D eigenvalue weighted by atomic mass is 10.0. The van der Waals surface area contributed by atoms with Crippen molar-refractivity contribution in [2.24, 2.45) is 5.92 Å². The van der Waals surface area contributed by atoms with Crippen LogP contribution >= 0.6 is 12.4 Å². The first-order valence-electron chi connectivity index (χ1n) is 6.74. The molecule has 0 aromatic rings. The molecule has 1 N–H and O–H groups in total. The molecule has 1 saturated heterocycles. The monoisotopic (exact) mass is 246 g/mol. The predicted octanol–water partition coefficient (Wildman–Crippen LogP) is 2.67. The molecule has 2 fully saturated rings. The molecule has 96 valence electrons. The number of piperazine rings is 1. The van der Waals surface area contributed by atoms with Crippen LogP contribution in [0.25, 0.3) is 0 Å². The molecule has 1 heterocycles. The van der Waals surface area contributed by atoms with Crippen molar-refractivity contribution in [1.29, 1.82) is 0 Å². The smallest absolute Gasteiger partial charge is 0.0195 e. The molecule has 2 aliphatic rings. The summed E-state index contributed by atoms with van der Waals surface area (Å²) in [5, 5.41) is 3.50. The summed E-state index contributed by atoms with van der Waals surface area (Å²) in [5.41, 5.74) is 0. The van der Waals surface area contributed by atoms with E-state index in [1.807, 2.05) is 0 Å². The SMILES string of the molecule is C[C@@H]1CNC[C@H](C)N1CCC1CCCC1.Cl. The number of halogens is 1. The maximum atomic E-state index is 3.50. The summed E-state index contributed by atoms with van der Waals surface area (Å²) in [7, 11) is 0. The van der Waals surface area contributed by atoms with Crippen LogP contribution in [0.1, 0.15) is 46.0 Å². The van der Waals surface area contributed by atoms with Gasteiger partial charge in [0.1, 0.15) is 0 Å². The molecule has 0 radical (unpaired) electrons. The van der Waals surface area contributed by atoms with Gasteiger partial charge in [0.2, 0.25) is 0 Å². The van der Waals surface area contributed by atoms with Crippen molar-refractivity contribution in [3.8, 4) is 0 Å². The van der Waals surface area contributed by atoms with Gasteiger partial charge in [0.25, 0.3) is 0 Å². The molecule has 1 aliphatic carbocycles. The Morgan fingerprint density at radius 1 is 1.06 bits per heavy atom. The Hall–Kier alpha value is 0.210. The molecule has 1 aliphatic heterocycles. The first-order valence-corrected chi connectivity index (χ1v) is 6.74. The summed E-state index contributed by atoms with van der Waals surface area (Å²) in [4.78, 5) is 2.70. The Bertz CT molecular complexity index is 182.